The van der Waals surface area contributed by atoms with Crippen LogP contribution in [0.1, 0.15) is 24.5 Å². The second-order valence-corrected chi connectivity index (χ2v) is 5.47. The average molecular weight is 277 g/mol. The normalized spacial score (nSPS) is 11.6. The molecule has 0 saturated heterocycles. The zero-order chi connectivity index (χ0) is 10.6. The van der Waals surface area contributed by atoms with E-state index < -0.39 is 0 Å². The summed E-state index contributed by atoms with van der Waals surface area (Å²) in [6, 6.07) is 0.578. The Bertz CT molecular complexity index is 273. The van der Waals surface area contributed by atoms with E-state index in [2.05, 4.69) is 52.0 Å². The molecule has 2 nitrogen and oxygen atoms in total. The van der Waals surface area contributed by atoms with Gasteiger partial charge in [-0.05, 0) is 20.8 Å². The second kappa shape index (κ2) is 5.83. The van der Waals surface area contributed by atoms with Crippen molar-refractivity contribution in [3.05, 3.63) is 16.1 Å². The largest absolute Gasteiger partial charge is 0.294 e. The molecular formula is C10H17BrN2S. The molecule has 1 rings (SSSR count). The van der Waals surface area contributed by atoms with Crippen molar-refractivity contribution in [2.75, 3.05) is 11.9 Å². The van der Waals surface area contributed by atoms with Crippen molar-refractivity contribution in [1.29, 1.82) is 0 Å². The summed E-state index contributed by atoms with van der Waals surface area (Å²) in [5, 5.41) is 4.33. The fourth-order valence-electron chi connectivity index (χ4n) is 1.32. The maximum Gasteiger partial charge on any atom is 0.0897 e. The lowest BCUT2D eigenvalue weighted by molar-refractivity contribution is 0.225. The molecule has 0 bridgehead atoms. The third-order valence-corrected chi connectivity index (χ3v) is 3.31. The number of nitrogens with zero attached hydrogens (tertiary/aromatic N) is 2. The van der Waals surface area contributed by atoms with Crippen LogP contribution in [-0.2, 0) is 6.54 Å². The smallest absolute Gasteiger partial charge is 0.0897 e. The molecule has 4 heteroatoms. The van der Waals surface area contributed by atoms with E-state index in [-0.39, 0.29) is 0 Å². The maximum absolute atomic E-state index is 4.48. The van der Waals surface area contributed by atoms with Crippen LogP contribution in [0.2, 0.25) is 0 Å². The van der Waals surface area contributed by atoms with Crippen LogP contribution in [0.15, 0.2) is 5.38 Å². The molecule has 0 spiro atoms. The van der Waals surface area contributed by atoms with Crippen molar-refractivity contribution in [1.82, 2.24) is 9.88 Å². The van der Waals surface area contributed by atoms with Crippen molar-refractivity contribution in [2.45, 2.75) is 33.4 Å². The Kier molecular flexibility index (Phi) is 5.06. The molecular weight excluding hydrogens is 260 g/mol. The van der Waals surface area contributed by atoms with Gasteiger partial charge in [-0.15, -0.1) is 11.3 Å². The Hall–Kier alpha value is 0.0700. The molecule has 0 unspecified atom stereocenters. The maximum atomic E-state index is 4.48. The first-order valence-electron chi connectivity index (χ1n) is 4.84. The number of rotatable bonds is 5. The highest BCUT2D eigenvalue weighted by Gasteiger charge is 2.10. The minimum Gasteiger partial charge on any atom is -0.294 e. The van der Waals surface area contributed by atoms with E-state index in [1.54, 1.807) is 11.3 Å². The van der Waals surface area contributed by atoms with Crippen LogP contribution in [0.5, 0.6) is 0 Å². The zero-order valence-electron chi connectivity index (χ0n) is 8.96. The number of hydrogen-bond acceptors (Lipinski definition) is 3. The van der Waals surface area contributed by atoms with Gasteiger partial charge in [0.15, 0.2) is 0 Å². The Morgan fingerprint density at radius 2 is 2.29 bits per heavy atom. The minimum absolute atomic E-state index is 0.578. The summed E-state index contributed by atoms with van der Waals surface area (Å²) in [4.78, 5) is 6.90. The summed E-state index contributed by atoms with van der Waals surface area (Å²) < 4.78 is 0. The van der Waals surface area contributed by atoms with E-state index in [4.69, 9.17) is 0 Å². The molecule has 0 radical (unpaired) electrons. The first-order valence-corrected chi connectivity index (χ1v) is 6.84. The summed E-state index contributed by atoms with van der Waals surface area (Å²) in [7, 11) is 0. The van der Waals surface area contributed by atoms with Gasteiger partial charge in [0, 0.05) is 29.8 Å². The first kappa shape index (κ1) is 12.1. The molecule has 14 heavy (non-hydrogen) atoms. The molecule has 0 saturated carbocycles. The van der Waals surface area contributed by atoms with E-state index in [1.807, 2.05) is 0 Å². The van der Waals surface area contributed by atoms with Crippen LogP contribution < -0.4 is 0 Å². The Labute approximate surface area is 98.5 Å². The molecule has 0 amide bonds. The Balaban J connectivity index is 2.55. The fourth-order valence-corrected chi connectivity index (χ4v) is 2.38. The van der Waals surface area contributed by atoms with Crippen molar-refractivity contribution in [2.24, 2.45) is 0 Å². The highest BCUT2D eigenvalue weighted by atomic mass is 79.9. The standard InChI is InChI=1S/C10H17BrN2S/c1-8(2)13(5-4-11)6-10-7-14-9(3)12-10/h7-8H,4-6H2,1-3H3. The van der Waals surface area contributed by atoms with Gasteiger partial charge in [-0.1, -0.05) is 15.9 Å². The number of thiazole rings is 1. The summed E-state index contributed by atoms with van der Waals surface area (Å²) in [5.41, 5.74) is 1.20. The molecule has 0 fully saturated rings. The van der Waals surface area contributed by atoms with Crippen LogP contribution in [0.4, 0.5) is 0 Å². The van der Waals surface area contributed by atoms with Crippen LogP contribution >= 0.6 is 27.3 Å². The van der Waals surface area contributed by atoms with Crippen LogP contribution in [-0.4, -0.2) is 27.8 Å². The predicted octanol–water partition coefficient (Wildman–Crippen LogP) is 3.06. The quantitative estimate of drug-likeness (QED) is 0.769. The van der Waals surface area contributed by atoms with Crippen molar-refractivity contribution >= 4 is 27.3 Å². The Morgan fingerprint density at radius 1 is 1.57 bits per heavy atom. The van der Waals surface area contributed by atoms with Crippen LogP contribution in [0.25, 0.3) is 0 Å². The Morgan fingerprint density at radius 3 is 2.71 bits per heavy atom. The predicted molar refractivity (Wildman–Crippen MR) is 66.2 cm³/mol. The number of hydrogen-bond donors (Lipinski definition) is 0. The SMILES string of the molecule is Cc1nc(CN(CCBr)C(C)C)cs1. The van der Waals surface area contributed by atoms with Gasteiger partial charge in [-0.2, -0.15) is 0 Å². The monoisotopic (exact) mass is 276 g/mol. The van der Waals surface area contributed by atoms with Crippen LogP contribution in [0, 0.1) is 6.92 Å². The molecule has 0 N–H and O–H groups in total. The number of aryl methyl sites for hydroxylation is 1. The topological polar surface area (TPSA) is 16.1 Å². The summed E-state index contributed by atoms with van der Waals surface area (Å²) in [5.74, 6) is 0. The molecule has 0 atom stereocenters. The zero-order valence-corrected chi connectivity index (χ0v) is 11.4. The van der Waals surface area contributed by atoms with E-state index >= 15 is 0 Å². The number of aromatic nitrogens is 1. The van der Waals surface area contributed by atoms with Gasteiger partial charge in [0.1, 0.15) is 0 Å². The van der Waals surface area contributed by atoms with Crippen molar-refractivity contribution in [3.63, 3.8) is 0 Å². The molecule has 0 aromatic carbocycles. The summed E-state index contributed by atoms with van der Waals surface area (Å²) in [6.45, 7) is 8.55. The lowest BCUT2D eigenvalue weighted by Gasteiger charge is -2.24. The van der Waals surface area contributed by atoms with Crippen molar-refractivity contribution < 1.29 is 0 Å². The third kappa shape index (κ3) is 3.67. The second-order valence-electron chi connectivity index (χ2n) is 3.61. The van der Waals surface area contributed by atoms with E-state index in [0.717, 1.165) is 23.4 Å². The summed E-state index contributed by atoms with van der Waals surface area (Å²) >= 11 is 5.20. The van der Waals surface area contributed by atoms with Crippen molar-refractivity contribution in [3.8, 4) is 0 Å². The third-order valence-electron chi connectivity index (χ3n) is 2.13. The highest BCUT2D eigenvalue weighted by Crippen LogP contribution is 2.12. The minimum atomic E-state index is 0.578. The lowest BCUT2D eigenvalue weighted by Crippen LogP contribution is -2.32. The molecule has 0 aliphatic heterocycles. The fraction of sp³-hybridized carbons (Fsp3) is 0.700. The lowest BCUT2D eigenvalue weighted by atomic mass is 10.3. The van der Waals surface area contributed by atoms with Gasteiger partial charge >= 0.3 is 0 Å². The average Bonchev–Trinajstić information content (AvgIpc) is 2.50. The van der Waals surface area contributed by atoms with Gasteiger partial charge in [-0.3, -0.25) is 4.90 Å². The van der Waals surface area contributed by atoms with Gasteiger partial charge in [-0.25, -0.2) is 4.98 Å². The van der Waals surface area contributed by atoms with Gasteiger partial charge in [0.25, 0.3) is 0 Å². The van der Waals surface area contributed by atoms with E-state index in [1.165, 1.54) is 5.69 Å². The van der Waals surface area contributed by atoms with E-state index in [0.29, 0.717) is 6.04 Å². The van der Waals surface area contributed by atoms with Gasteiger partial charge in [0.05, 0.1) is 10.7 Å². The van der Waals surface area contributed by atoms with Gasteiger partial charge in [0.2, 0.25) is 0 Å². The van der Waals surface area contributed by atoms with Gasteiger partial charge < -0.3 is 0 Å². The molecule has 0 aliphatic rings. The highest BCUT2D eigenvalue weighted by molar-refractivity contribution is 9.09. The summed E-state index contributed by atoms with van der Waals surface area (Å²) in [6.07, 6.45) is 0. The number of alkyl halides is 1. The van der Waals surface area contributed by atoms with E-state index in [9.17, 15) is 0 Å². The number of halogens is 1. The molecule has 1 heterocycles. The van der Waals surface area contributed by atoms with Crippen LogP contribution in [0.3, 0.4) is 0 Å². The molecule has 1 aromatic heterocycles. The molecule has 0 aliphatic carbocycles. The first-order chi connectivity index (χ1) is 6.63. The molecule has 1 aromatic rings. The molecule has 80 valence electrons.